The fraction of sp³-hybridized carbons (Fsp3) is 0.357. The van der Waals surface area contributed by atoms with Gasteiger partial charge in [-0.1, -0.05) is 0 Å². The van der Waals surface area contributed by atoms with Gasteiger partial charge in [0.15, 0.2) is 0 Å². The zero-order valence-corrected chi connectivity index (χ0v) is 10.5. The van der Waals surface area contributed by atoms with Gasteiger partial charge in [0, 0.05) is 23.2 Å². The molecule has 1 fully saturated rings. The van der Waals surface area contributed by atoms with Crippen LogP contribution in [0.4, 0.5) is 5.69 Å². The maximum atomic E-state index is 11.9. The fourth-order valence-corrected chi connectivity index (χ4v) is 2.28. The summed E-state index contributed by atoms with van der Waals surface area (Å²) in [7, 11) is 0. The number of H-pyrrole nitrogens is 1. The van der Waals surface area contributed by atoms with Crippen LogP contribution in [0, 0.1) is 0 Å². The first kappa shape index (κ1) is 12.0. The summed E-state index contributed by atoms with van der Waals surface area (Å²) in [6, 6.07) is 7.22. The van der Waals surface area contributed by atoms with Crippen molar-refractivity contribution in [2.24, 2.45) is 0 Å². The van der Waals surface area contributed by atoms with Gasteiger partial charge in [-0.3, -0.25) is 0 Å². The molecule has 1 unspecified atom stereocenters. The summed E-state index contributed by atoms with van der Waals surface area (Å²) in [4.78, 5) is 14.9. The lowest BCUT2D eigenvalue weighted by Gasteiger charge is -2.09. The zero-order chi connectivity index (χ0) is 13.2. The molecule has 3 N–H and O–H groups in total. The SMILES string of the molecule is Nc1ccc2[nH]c(C(=O)OCC3CCCO3)cc2c1. The number of nitrogens with one attached hydrogen (secondary N) is 1. The van der Waals surface area contributed by atoms with E-state index in [9.17, 15) is 4.79 Å². The normalized spacial score (nSPS) is 18.8. The van der Waals surface area contributed by atoms with E-state index in [4.69, 9.17) is 15.2 Å². The Bertz CT molecular complexity index is 600. The van der Waals surface area contributed by atoms with Crippen molar-refractivity contribution < 1.29 is 14.3 Å². The van der Waals surface area contributed by atoms with Gasteiger partial charge in [0.2, 0.25) is 0 Å². The van der Waals surface area contributed by atoms with Gasteiger partial charge in [-0.25, -0.2) is 4.79 Å². The number of fused-ring (bicyclic) bond motifs is 1. The Labute approximate surface area is 110 Å². The molecular formula is C14H16N2O3. The molecule has 0 spiro atoms. The van der Waals surface area contributed by atoms with Crippen molar-refractivity contribution in [3.05, 3.63) is 30.0 Å². The molecule has 5 nitrogen and oxygen atoms in total. The van der Waals surface area contributed by atoms with Gasteiger partial charge >= 0.3 is 5.97 Å². The Hall–Kier alpha value is -2.01. The zero-order valence-electron chi connectivity index (χ0n) is 10.5. The van der Waals surface area contributed by atoms with Crippen LogP contribution in [-0.2, 0) is 9.47 Å². The predicted octanol–water partition coefficient (Wildman–Crippen LogP) is 2.09. The average Bonchev–Trinajstić information content (AvgIpc) is 3.04. The molecule has 19 heavy (non-hydrogen) atoms. The van der Waals surface area contributed by atoms with Gasteiger partial charge in [-0.15, -0.1) is 0 Å². The van der Waals surface area contributed by atoms with Crippen LogP contribution in [0.2, 0.25) is 0 Å². The first-order valence-electron chi connectivity index (χ1n) is 6.39. The minimum atomic E-state index is -0.356. The van der Waals surface area contributed by atoms with Crippen molar-refractivity contribution in [2.45, 2.75) is 18.9 Å². The number of benzene rings is 1. The van der Waals surface area contributed by atoms with Gasteiger partial charge in [-0.2, -0.15) is 0 Å². The van der Waals surface area contributed by atoms with Crippen LogP contribution in [0.25, 0.3) is 10.9 Å². The molecular weight excluding hydrogens is 244 g/mol. The molecule has 1 aliphatic rings. The highest BCUT2D eigenvalue weighted by Crippen LogP contribution is 2.19. The highest BCUT2D eigenvalue weighted by molar-refractivity contribution is 5.95. The van der Waals surface area contributed by atoms with Gasteiger partial charge in [0.05, 0.1) is 6.10 Å². The highest BCUT2D eigenvalue weighted by atomic mass is 16.6. The van der Waals surface area contributed by atoms with Crippen molar-refractivity contribution in [3.8, 4) is 0 Å². The third-order valence-corrected chi connectivity index (χ3v) is 3.29. The second-order valence-electron chi connectivity index (χ2n) is 4.76. The smallest absolute Gasteiger partial charge is 0.354 e. The van der Waals surface area contributed by atoms with E-state index in [1.54, 1.807) is 12.1 Å². The summed E-state index contributed by atoms with van der Waals surface area (Å²) in [6.45, 7) is 1.07. The summed E-state index contributed by atoms with van der Waals surface area (Å²) in [6.07, 6.45) is 2.04. The van der Waals surface area contributed by atoms with Crippen LogP contribution in [0.15, 0.2) is 24.3 Å². The predicted molar refractivity (Wildman–Crippen MR) is 72.0 cm³/mol. The number of esters is 1. The maximum absolute atomic E-state index is 11.9. The highest BCUT2D eigenvalue weighted by Gasteiger charge is 2.18. The summed E-state index contributed by atoms with van der Waals surface area (Å²) in [5.41, 5.74) is 7.69. The first-order valence-corrected chi connectivity index (χ1v) is 6.39. The van der Waals surface area contributed by atoms with E-state index in [-0.39, 0.29) is 12.1 Å². The molecule has 100 valence electrons. The minimum absolute atomic E-state index is 0.0453. The van der Waals surface area contributed by atoms with E-state index < -0.39 is 0 Å². The molecule has 0 saturated carbocycles. The second kappa shape index (κ2) is 4.93. The molecule has 1 aromatic carbocycles. The largest absolute Gasteiger partial charge is 0.458 e. The molecule has 1 saturated heterocycles. The number of ether oxygens (including phenoxy) is 2. The van der Waals surface area contributed by atoms with E-state index >= 15 is 0 Å². The number of rotatable bonds is 3. The molecule has 1 aromatic heterocycles. The molecule has 2 aromatic rings. The van der Waals surface area contributed by atoms with E-state index in [1.165, 1.54) is 0 Å². The van der Waals surface area contributed by atoms with E-state index in [1.807, 2.05) is 12.1 Å². The Morgan fingerprint density at radius 1 is 1.47 bits per heavy atom. The molecule has 1 aliphatic heterocycles. The molecule has 1 atom stereocenters. The van der Waals surface area contributed by atoms with Crippen molar-refractivity contribution in [1.82, 2.24) is 4.98 Å². The number of aromatic amines is 1. The Kier molecular flexibility index (Phi) is 3.13. The lowest BCUT2D eigenvalue weighted by Crippen LogP contribution is -2.17. The van der Waals surface area contributed by atoms with Crippen molar-refractivity contribution in [1.29, 1.82) is 0 Å². The van der Waals surface area contributed by atoms with Crippen LogP contribution in [0.5, 0.6) is 0 Å². The number of carbonyl (C=O) groups excluding carboxylic acids is 1. The van der Waals surface area contributed by atoms with Crippen LogP contribution in [0.3, 0.4) is 0 Å². The van der Waals surface area contributed by atoms with Crippen molar-refractivity contribution >= 4 is 22.6 Å². The number of carbonyl (C=O) groups is 1. The Morgan fingerprint density at radius 3 is 3.16 bits per heavy atom. The number of nitrogen functional groups attached to an aromatic ring is 1. The lowest BCUT2D eigenvalue weighted by molar-refractivity contribution is 0.0157. The van der Waals surface area contributed by atoms with Gasteiger partial charge in [-0.05, 0) is 37.1 Å². The number of nitrogens with two attached hydrogens (primary N) is 1. The standard InChI is InChI=1S/C14H16N2O3/c15-10-3-4-12-9(6-10)7-13(16-12)14(17)19-8-11-2-1-5-18-11/h3-4,6-7,11,16H,1-2,5,8,15H2. The Morgan fingerprint density at radius 2 is 2.37 bits per heavy atom. The minimum Gasteiger partial charge on any atom is -0.458 e. The number of anilines is 1. The summed E-state index contributed by atoms with van der Waals surface area (Å²) in [5, 5.41) is 0.907. The maximum Gasteiger partial charge on any atom is 0.354 e. The molecule has 0 amide bonds. The number of hydrogen-bond acceptors (Lipinski definition) is 4. The van der Waals surface area contributed by atoms with E-state index in [2.05, 4.69) is 4.98 Å². The van der Waals surface area contributed by atoms with Crippen molar-refractivity contribution in [2.75, 3.05) is 18.9 Å². The summed E-state index contributed by atoms with van der Waals surface area (Å²) in [5.74, 6) is -0.356. The van der Waals surface area contributed by atoms with Gasteiger partial charge in [0.25, 0.3) is 0 Å². The molecule has 2 heterocycles. The monoisotopic (exact) mass is 260 g/mol. The summed E-state index contributed by atoms with van der Waals surface area (Å²) >= 11 is 0. The molecule has 0 radical (unpaired) electrons. The number of hydrogen-bond donors (Lipinski definition) is 2. The molecule has 5 heteroatoms. The molecule has 0 bridgehead atoms. The average molecular weight is 260 g/mol. The van der Waals surface area contributed by atoms with Crippen LogP contribution < -0.4 is 5.73 Å². The topological polar surface area (TPSA) is 77.3 Å². The van der Waals surface area contributed by atoms with E-state index in [0.717, 1.165) is 30.4 Å². The summed E-state index contributed by atoms with van der Waals surface area (Å²) < 4.78 is 10.7. The lowest BCUT2D eigenvalue weighted by atomic mass is 10.2. The quantitative estimate of drug-likeness (QED) is 0.654. The van der Waals surface area contributed by atoms with Gasteiger partial charge in [0.1, 0.15) is 12.3 Å². The third kappa shape index (κ3) is 2.56. The number of aromatic nitrogens is 1. The molecule has 0 aliphatic carbocycles. The van der Waals surface area contributed by atoms with Crippen molar-refractivity contribution in [3.63, 3.8) is 0 Å². The molecule has 3 rings (SSSR count). The van der Waals surface area contributed by atoms with Crippen LogP contribution >= 0.6 is 0 Å². The van der Waals surface area contributed by atoms with Crippen LogP contribution in [0.1, 0.15) is 23.3 Å². The van der Waals surface area contributed by atoms with Crippen LogP contribution in [-0.4, -0.2) is 30.3 Å². The third-order valence-electron chi connectivity index (χ3n) is 3.29. The Balaban J connectivity index is 1.70. The fourth-order valence-electron chi connectivity index (χ4n) is 2.28. The first-order chi connectivity index (χ1) is 9.22. The second-order valence-corrected chi connectivity index (χ2v) is 4.76. The van der Waals surface area contributed by atoms with E-state index in [0.29, 0.717) is 18.0 Å². The van der Waals surface area contributed by atoms with Gasteiger partial charge < -0.3 is 20.2 Å².